The molecule has 94 valence electrons. The summed E-state index contributed by atoms with van der Waals surface area (Å²) in [6, 6.07) is 6.46. The second-order valence-electron chi connectivity index (χ2n) is 3.39. The van der Waals surface area contributed by atoms with Crippen molar-refractivity contribution < 1.29 is 13.2 Å². The molecule has 0 saturated carbocycles. The van der Waals surface area contributed by atoms with Gasteiger partial charge in [-0.2, -0.15) is 13.2 Å². The van der Waals surface area contributed by atoms with Crippen LogP contribution in [0.4, 0.5) is 13.2 Å². The fraction of sp³-hybridized carbons (Fsp3) is 0.0909. The molecule has 0 unspecified atom stereocenters. The zero-order valence-electron chi connectivity index (χ0n) is 8.67. The Morgan fingerprint density at radius 2 is 1.78 bits per heavy atom. The lowest BCUT2D eigenvalue weighted by atomic mass is 10.0. The van der Waals surface area contributed by atoms with Gasteiger partial charge < -0.3 is 0 Å². The van der Waals surface area contributed by atoms with E-state index in [1.807, 2.05) is 0 Å². The van der Waals surface area contributed by atoms with Gasteiger partial charge >= 0.3 is 6.18 Å². The van der Waals surface area contributed by atoms with Crippen molar-refractivity contribution in [2.45, 2.75) is 6.18 Å². The number of hydrogen-bond donors (Lipinski definition) is 0. The zero-order valence-corrected chi connectivity index (χ0v) is 11.0. The molecule has 0 amide bonds. The Hall–Kier alpha value is -1.14. The van der Waals surface area contributed by atoms with E-state index in [-0.39, 0.29) is 21.1 Å². The predicted molar refractivity (Wildman–Crippen MR) is 65.2 cm³/mol. The summed E-state index contributed by atoms with van der Waals surface area (Å²) < 4.78 is 38.7. The van der Waals surface area contributed by atoms with E-state index in [4.69, 9.17) is 11.6 Å². The average molecular weight is 338 g/mol. The predicted octanol–water partition coefficient (Wildman–Crippen LogP) is 4.58. The molecule has 0 aliphatic heterocycles. The second kappa shape index (κ2) is 4.85. The maximum Gasteiger partial charge on any atom is 0.417 e. The van der Waals surface area contributed by atoms with Crippen LogP contribution in [0.15, 0.2) is 35.1 Å². The smallest absolute Gasteiger partial charge is 0.222 e. The maximum atomic E-state index is 12.8. The standard InChI is InChI=1S/C11H5BrClF3N2/c12-10-17-8(5-9(13)18-10)6-3-1-2-4-7(6)11(14,15)16/h1-5H. The molecule has 2 aromatic rings. The molecule has 18 heavy (non-hydrogen) atoms. The van der Waals surface area contributed by atoms with Gasteiger partial charge in [0, 0.05) is 11.6 Å². The van der Waals surface area contributed by atoms with Crippen LogP contribution in [0.5, 0.6) is 0 Å². The Balaban J connectivity index is 2.64. The van der Waals surface area contributed by atoms with Crippen molar-refractivity contribution >= 4 is 27.5 Å². The van der Waals surface area contributed by atoms with E-state index in [1.165, 1.54) is 24.3 Å². The number of hydrogen-bond acceptors (Lipinski definition) is 2. The van der Waals surface area contributed by atoms with Gasteiger partial charge in [0.1, 0.15) is 5.15 Å². The first-order valence-corrected chi connectivity index (χ1v) is 5.92. The first kappa shape index (κ1) is 13.3. The molecule has 0 aliphatic rings. The van der Waals surface area contributed by atoms with E-state index in [0.717, 1.165) is 6.07 Å². The Bertz CT molecular complexity index is 566. The lowest BCUT2D eigenvalue weighted by molar-refractivity contribution is -0.137. The number of benzene rings is 1. The second-order valence-corrected chi connectivity index (χ2v) is 4.48. The molecule has 0 saturated heterocycles. The van der Waals surface area contributed by atoms with E-state index in [2.05, 4.69) is 25.9 Å². The topological polar surface area (TPSA) is 25.8 Å². The summed E-state index contributed by atoms with van der Waals surface area (Å²) in [5.41, 5.74) is -0.670. The summed E-state index contributed by atoms with van der Waals surface area (Å²) in [5.74, 6) is 0. The van der Waals surface area contributed by atoms with Gasteiger partial charge in [0.2, 0.25) is 0 Å². The van der Waals surface area contributed by atoms with Gasteiger partial charge in [0.25, 0.3) is 0 Å². The molecule has 0 atom stereocenters. The van der Waals surface area contributed by atoms with Crippen LogP contribution >= 0.6 is 27.5 Å². The summed E-state index contributed by atoms with van der Waals surface area (Å²) in [5, 5.41) is 0.0730. The third kappa shape index (κ3) is 2.81. The number of rotatable bonds is 1. The normalized spacial score (nSPS) is 11.6. The highest BCUT2D eigenvalue weighted by Gasteiger charge is 2.33. The number of halogens is 5. The zero-order chi connectivity index (χ0) is 13.3. The van der Waals surface area contributed by atoms with Crippen LogP contribution in [0.2, 0.25) is 5.15 Å². The Morgan fingerprint density at radius 1 is 1.11 bits per heavy atom. The molecular formula is C11H5BrClF3N2. The molecule has 0 bridgehead atoms. The summed E-state index contributed by atoms with van der Waals surface area (Å²) in [6.07, 6.45) is -4.44. The van der Waals surface area contributed by atoms with Crippen LogP contribution in [0, 0.1) is 0 Å². The van der Waals surface area contributed by atoms with Crippen LogP contribution in [-0.4, -0.2) is 9.97 Å². The lowest BCUT2D eigenvalue weighted by Crippen LogP contribution is -2.07. The van der Waals surface area contributed by atoms with E-state index in [1.54, 1.807) is 0 Å². The van der Waals surface area contributed by atoms with Crippen molar-refractivity contribution in [2.24, 2.45) is 0 Å². The average Bonchev–Trinajstić information content (AvgIpc) is 2.26. The molecule has 1 aromatic carbocycles. The highest BCUT2D eigenvalue weighted by Crippen LogP contribution is 2.36. The van der Waals surface area contributed by atoms with E-state index in [9.17, 15) is 13.2 Å². The maximum absolute atomic E-state index is 12.8. The van der Waals surface area contributed by atoms with Crippen molar-refractivity contribution in [3.63, 3.8) is 0 Å². The van der Waals surface area contributed by atoms with E-state index < -0.39 is 11.7 Å². The van der Waals surface area contributed by atoms with Crippen LogP contribution in [-0.2, 0) is 6.18 Å². The molecule has 0 aliphatic carbocycles. The number of alkyl halides is 3. The molecule has 0 N–H and O–H groups in total. The third-order valence-electron chi connectivity index (χ3n) is 2.18. The van der Waals surface area contributed by atoms with E-state index in [0.29, 0.717) is 0 Å². The van der Waals surface area contributed by atoms with Crippen LogP contribution in [0.3, 0.4) is 0 Å². The van der Waals surface area contributed by atoms with Crippen molar-refractivity contribution in [1.29, 1.82) is 0 Å². The van der Waals surface area contributed by atoms with Gasteiger partial charge in [-0.15, -0.1) is 0 Å². The summed E-state index contributed by atoms with van der Waals surface area (Å²) in [6.45, 7) is 0. The number of nitrogens with zero attached hydrogens (tertiary/aromatic N) is 2. The van der Waals surface area contributed by atoms with Gasteiger partial charge in [0.05, 0.1) is 11.3 Å². The molecule has 0 radical (unpaired) electrons. The molecule has 0 fully saturated rings. The van der Waals surface area contributed by atoms with E-state index >= 15 is 0 Å². The molecule has 2 nitrogen and oxygen atoms in total. The summed E-state index contributed by atoms with van der Waals surface area (Å²) in [4.78, 5) is 7.64. The Kier molecular flexibility index (Phi) is 3.59. The third-order valence-corrected chi connectivity index (χ3v) is 2.72. The quantitative estimate of drug-likeness (QED) is 0.562. The Labute approximate surface area is 114 Å². The fourth-order valence-corrected chi connectivity index (χ4v) is 2.15. The summed E-state index contributed by atoms with van der Waals surface area (Å²) in [7, 11) is 0. The lowest BCUT2D eigenvalue weighted by Gasteiger charge is -2.12. The van der Waals surface area contributed by atoms with Gasteiger partial charge in [-0.1, -0.05) is 29.8 Å². The van der Waals surface area contributed by atoms with Crippen molar-refractivity contribution in [2.75, 3.05) is 0 Å². The minimum absolute atomic E-state index is 0.0324. The van der Waals surface area contributed by atoms with Gasteiger partial charge in [-0.25, -0.2) is 9.97 Å². The molecule has 0 spiro atoms. The number of aromatic nitrogens is 2. The van der Waals surface area contributed by atoms with Crippen molar-refractivity contribution in [3.8, 4) is 11.3 Å². The molecule has 7 heteroatoms. The van der Waals surface area contributed by atoms with Gasteiger partial charge in [0.15, 0.2) is 4.73 Å². The highest BCUT2D eigenvalue weighted by atomic mass is 79.9. The molecule has 1 heterocycles. The fourth-order valence-electron chi connectivity index (χ4n) is 1.48. The largest absolute Gasteiger partial charge is 0.417 e. The van der Waals surface area contributed by atoms with Crippen LogP contribution in [0.1, 0.15) is 5.56 Å². The molecule has 2 rings (SSSR count). The molecule has 1 aromatic heterocycles. The van der Waals surface area contributed by atoms with Crippen LogP contribution < -0.4 is 0 Å². The highest BCUT2D eigenvalue weighted by molar-refractivity contribution is 9.10. The van der Waals surface area contributed by atoms with Gasteiger partial charge in [-0.05, 0) is 22.0 Å². The summed E-state index contributed by atoms with van der Waals surface area (Å²) >= 11 is 8.70. The van der Waals surface area contributed by atoms with Gasteiger partial charge in [-0.3, -0.25) is 0 Å². The molecular weight excluding hydrogens is 332 g/mol. The Morgan fingerprint density at radius 3 is 2.39 bits per heavy atom. The minimum Gasteiger partial charge on any atom is -0.222 e. The van der Waals surface area contributed by atoms with Crippen molar-refractivity contribution in [3.05, 3.63) is 45.8 Å². The first-order chi connectivity index (χ1) is 8.38. The first-order valence-electron chi connectivity index (χ1n) is 4.74. The monoisotopic (exact) mass is 336 g/mol. The minimum atomic E-state index is -4.44. The van der Waals surface area contributed by atoms with Crippen molar-refractivity contribution in [1.82, 2.24) is 9.97 Å². The van der Waals surface area contributed by atoms with Crippen LogP contribution in [0.25, 0.3) is 11.3 Å². The SMILES string of the molecule is FC(F)(F)c1ccccc1-c1cc(Cl)nc(Br)n1.